The molecule has 4 rings (SSSR count). The minimum Gasteiger partial charge on any atom is -0.361 e. The number of benzene rings is 1. The van der Waals surface area contributed by atoms with Crippen LogP contribution in [0, 0.1) is 6.92 Å². The highest BCUT2D eigenvalue weighted by molar-refractivity contribution is 5.92. The monoisotopic (exact) mass is 417 g/mol. The molecule has 4 aromatic rings. The molecule has 0 aliphatic heterocycles. The summed E-state index contributed by atoms with van der Waals surface area (Å²) in [6.07, 6.45) is 1.83. The fourth-order valence-corrected chi connectivity index (χ4v) is 2.97. The lowest BCUT2D eigenvalue weighted by atomic mass is 9.93. The van der Waals surface area contributed by atoms with Crippen LogP contribution < -0.4 is 5.32 Å². The average Bonchev–Trinajstić information content (AvgIpc) is 3.39. The van der Waals surface area contributed by atoms with E-state index in [0.29, 0.717) is 28.8 Å². The van der Waals surface area contributed by atoms with Crippen molar-refractivity contribution < 1.29 is 13.8 Å². The molecule has 0 unspecified atom stereocenters. The minimum absolute atomic E-state index is 0.137. The molecule has 0 radical (unpaired) electrons. The van der Waals surface area contributed by atoms with E-state index < -0.39 is 0 Å². The van der Waals surface area contributed by atoms with E-state index in [0.717, 1.165) is 16.9 Å². The highest BCUT2D eigenvalue weighted by Crippen LogP contribution is 2.25. The first-order chi connectivity index (χ1) is 14.8. The highest BCUT2D eigenvalue weighted by atomic mass is 16.5. The molecule has 1 amide bonds. The summed E-state index contributed by atoms with van der Waals surface area (Å²) in [7, 11) is 0. The number of amides is 1. The number of pyridine rings is 1. The standard InChI is InChI=1S/C23H23N5O3/c1-14-6-5-11-24-20(14)21-26-22(31-28-21)15-7-9-16(10-8-15)25-19(29)13-17-12-18(30-27-17)23(2,3)4/h5-12H,13H2,1-4H3,(H,25,29). The Morgan fingerprint density at radius 3 is 2.52 bits per heavy atom. The van der Waals surface area contributed by atoms with Crippen molar-refractivity contribution >= 4 is 11.6 Å². The first kappa shape index (κ1) is 20.5. The van der Waals surface area contributed by atoms with Crippen molar-refractivity contribution in [2.45, 2.75) is 39.5 Å². The zero-order chi connectivity index (χ0) is 22.0. The Bertz CT molecular complexity index is 1200. The molecule has 3 aromatic heterocycles. The summed E-state index contributed by atoms with van der Waals surface area (Å²) in [6, 6.07) is 12.8. The van der Waals surface area contributed by atoms with Gasteiger partial charge in [0.2, 0.25) is 11.7 Å². The van der Waals surface area contributed by atoms with Crippen molar-refractivity contribution in [3.05, 3.63) is 65.7 Å². The molecule has 8 nitrogen and oxygen atoms in total. The maximum absolute atomic E-state index is 12.3. The van der Waals surface area contributed by atoms with Gasteiger partial charge >= 0.3 is 0 Å². The van der Waals surface area contributed by atoms with Gasteiger partial charge in [0.1, 0.15) is 11.5 Å². The van der Waals surface area contributed by atoms with Crippen LogP contribution in [0.15, 0.2) is 57.7 Å². The van der Waals surface area contributed by atoms with Gasteiger partial charge in [0, 0.05) is 28.9 Å². The summed E-state index contributed by atoms with van der Waals surface area (Å²) < 4.78 is 10.7. The van der Waals surface area contributed by atoms with Gasteiger partial charge in [-0.3, -0.25) is 9.78 Å². The normalized spacial score (nSPS) is 11.5. The van der Waals surface area contributed by atoms with Crippen molar-refractivity contribution in [2.75, 3.05) is 5.32 Å². The number of hydrogen-bond acceptors (Lipinski definition) is 7. The SMILES string of the molecule is Cc1cccnc1-c1noc(-c2ccc(NC(=O)Cc3cc(C(C)(C)C)on3)cc2)n1. The lowest BCUT2D eigenvalue weighted by Gasteiger charge is -2.12. The van der Waals surface area contributed by atoms with Crippen molar-refractivity contribution in [2.24, 2.45) is 0 Å². The molecule has 0 aliphatic carbocycles. The number of nitrogens with zero attached hydrogens (tertiary/aromatic N) is 4. The van der Waals surface area contributed by atoms with Crippen LogP contribution in [0.2, 0.25) is 0 Å². The Kier molecular flexibility index (Phi) is 5.37. The van der Waals surface area contributed by atoms with Crippen LogP contribution in [0.1, 0.15) is 37.8 Å². The van der Waals surface area contributed by atoms with Crippen LogP contribution in [0.25, 0.3) is 23.0 Å². The fraction of sp³-hybridized carbons (Fsp3) is 0.261. The number of anilines is 1. The lowest BCUT2D eigenvalue weighted by molar-refractivity contribution is -0.115. The quantitative estimate of drug-likeness (QED) is 0.507. The number of aryl methyl sites for hydroxylation is 1. The van der Waals surface area contributed by atoms with Gasteiger partial charge in [0.05, 0.1) is 12.1 Å². The number of carbonyl (C=O) groups is 1. The van der Waals surface area contributed by atoms with E-state index >= 15 is 0 Å². The smallest absolute Gasteiger partial charge is 0.258 e. The second-order valence-electron chi connectivity index (χ2n) is 8.33. The zero-order valence-corrected chi connectivity index (χ0v) is 17.8. The van der Waals surface area contributed by atoms with E-state index in [-0.39, 0.29) is 17.7 Å². The summed E-state index contributed by atoms with van der Waals surface area (Å²) in [5, 5.41) is 10.9. The molecule has 0 atom stereocenters. The molecular weight excluding hydrogens is 394 g/mol. The molecule has 8 heteroatoms. The van der Waals surface area contributed by atoms with Crippen LogP contribution in [-0.2, 0) is 16.6 Å². The van der Waals surface area contributed by atoms with E-state index in [1.807, 2.05) is 58.0 Å². The average molecular weight is 417 g/mol. The van der Waals surface area contributed by atoms with E-state index in [1.165, 1.54) is 0 Å². The van der Waals surface area contributed by atoms with E-state index in [9.17, 15) is 4.79 Å². The Balaban J connectivity index is 1.41. The van der Waals surface area contributed by atoms with Gasteiger partial charge in [-0.15, -0.1) is 0 Å². The molecule has 0 bridgehead atoms. The number of nitrogens with one attached hydrogen (secondary N) is 1. The molecule has 3 heterocycles. The van der Waals surface area contributed by atoms with Gasteiger partial charge in [-0.2, -0.15) is 4.98 Å². The third-order valence-electron chi connectivity index (χ3n) is 4.70. The van der Waals surface area contributed by atoms with Gasteiger partial charge in [-0.25, -0.2) is 0 Å². The summed E-state index contributed by atoms with van der Waals surface area (Å²) in [4.78, 5) is 21.1. The highest BCUT2D eigenvalue weighted by Gasteiger charge is 2.20. The van der Waals surface area contributed by atoms with Gasteiger partial charge in [0.15, 0.2) is 0 Å². The van der Waals surface area contributed by atoms with Crippen LogP contribution >= 0.6 is 0 Å². The van der Waals surface area contributed by atoms with E-state index in [2.05, 4.69) is 25.6 Å². The Hall–Kier alpha value is -3.81. The molecule has 1 aromatic carbocycles. The molecule has 158 valence electrons. The van der Waals surface area contributed by atoms with E-state index in [4.69, 9.17) is 9.05 Å². The van der Waals surface area contributed by atoms with Gasteiger partial charge in [0.25, 0.3) is 5.89 Å². The Morgan fingerprint density at radius 2 is 1.84 bits per heavy atom. The van der Waals surface area contributed by atoms with Crippen LogP contribution in [0.4, 0.5) is 5.69 Å². The molecule has 0 saturated heterocycles. The van der Waals surface area contributed by atoms with Crippen molar-refractivity contribution in [1.29, 1.82) is 0 Å². The Labute approximate surface area is 179 Å². The van der Waals surface area contributed by atoms with Gasteiger partial charge < -0.3 is 14.4 Å². The zero-order valence-electron chi connectivity index (χ0n) is 17.8. The molecular formula is C23H23N5O3. The third kappa shape index (κ3) is 4.69. The summed E-state index contributed by atoms with van der Waals surface area (Å²) in [5.74, 6) is 1.40. The van der Waals surface area contributed by atoms with Gasteiger partial charge in [-0.05, 0) is 42.8 Å². The summed E-state index contributed by atoms with van der Waals surface area (Å²) >= 11 is 0. The first-order valence-electron chi connectivity index (χ1n) is 9.91. The predicted molar refractivity (Wildman–Crippen MR) is 115 cm³/mol. The second kappa shape index (κ2) is 8.14. The second-order valence-corrected chi connectivity index (χ2v) is 8.33. The number of hydrogen-bond donors (Lipinski definition) is 1. The first-order valence-corrected chi connectivity index (χ1v) is 9.91. The van der Waals surface area contributed by atoms with Gasteiger partial charge in [-0.1, -0.05) is 37.2 Å². The minimum atomic E-state index is -0.174. The van der Waals surface area contributed by atoms with Crippen molar-refractivity contribution in [3.8, 4) is 23.0 Å². The van der Waals surface area contributed by atoms with Crippen molar-refractivity contribution in [1.82, 2.24) is 20.3 Å². The number of carbonyl (C=O) groups excluding carboxylic acids is 1. The molecule has 31 heavy (non-hydrogen) atoms. The molecule has 0 spiro atoms. The van der Waals surface area contributed by atoms with Crippen LogP contribution in [0.3, 0.4) is 0 Å². The number of aromatic nitrogens is 4. The van der Waals surface area contributed by atoms with Crippen LogP contribution in [0.5, 0.6) is 0 Å². The number of rotatable bonds is 5. The topological polar surface area (TPSA) is 107 Å². The molecule has 1 N–H and O–H groups in total. The summed E-state index contributed by atoms with van der Waals surface area (Å²) in [6.45, 7) is 8.03. The maximum atomic E-state index is 12.3. The van der Waals surface area contributed by atoms with Crippen LogP contribution in [-0.4, -0.2) is 26.2 Å². The molecule has 0 aliphatic rings. The molecule has 0 fully saturated rings. The fourth-order valence-electron chi connectivity index (χ4n) is 2.97. The predicted octanol–water partition coefficient (Wildman–Crippen LogP) is 4.57. The summed E-state index contributed by atoms with van der Waals surface area (Å²) in [5.41, 5.74) is 3.51. The maximum Gasteiger partial charge on any atom is 0.258 e. The van der Waals surface area contributed by atoms with E-state index in [1.54, 1.807) is 18.3 Å². The lowest BCUT2D eigenvalue weighted by Crippen LogP contribution is -2.14. The van der Waals surface area contributed by atoms with Crippen molar-refractivity contribution in [3.63, 3.8) is 0 Å². The third-order valence-corrected chi connectivity index (χ3v) is 4.70. The Morgan fingerprint density at radius 1 is 1.06 bits per heavy atom. The molecule has 0 saturated carbocycles. The largest absolute Gasteiger partial charge is 0.361 e.